The molecule has 36 heavy (non-hydrogen) atoms. The zero-order chi connectivity index (χ0) is 24.9. The van der Waals surface area contributed by atoms with Crippen molar-refractivity contribution in [2.45, 2.75) is 37.1 Å². The maximum Gasteiger partial charge on any atom is 0.245 e. The van der Waals surface area contributed by atoms with Crippen LogP contribution in [0.15, 0.2) is 71.6 Å². The summed E-state index contributed by atoms with van der Waals surface area (Å²) in [5.74, 6) is 0.00591. The highest BCUT2D eigenvalue weighted by molar-refractivity contribution is 7.89. The van der Waals surface area contributed by atoms with Gasteiger partial charge in [-0.05, 0) is 67.1 Å². The van der Waals surface area contributed by atoms with Crippen LogP contribution in [0.5, 0.6) is 0 Å². The molecule has 0 atom stereocenters. The highest BCUT2D eigenvalue weighted by atomic mass is 32.2. The standard InChI is InChI=1S/C27H25FN4O2S2/c1-18-26(22-8-2-3-10-24(22)32(18)17-19-6-4-7-21(28)16-19)20-12-14-31(15-13-20)36(33,34)25-11-5-9-23-27(25)30-35-29-23/h2-11,16,20H,12-15,17H2,1H3. The molecular formula is C27H25FN4O2S2. The molecule has 1 aliphatic rings. The van der Waals surface area contributed by atoms with Gasteiger partial charge >= 0.3 is 0 Å². The third-order valence-corrected chi connectivity index (χ3v) is 9.71. The van der Waals surface area contributed by atoms with Crippen LogP contribution in [-0.4, -0.2) is 39.1 Å². The molecule has 3 heterocycles. The topological polar surface area (TPSA) is 68.1 Å². The molecule has 0 unspecified atom stereocenters. The summed E-state index contributed by atoms with van der Waals surface area (Å²) in [6, 6.07) is 20.2. The Morgan fingerprint density at radius 3 is 2.58 bits per heavy atom. The van der Waals surface area contributed by atoms with Gasteiger partial charge in [0.05, 0.1) is 11.7 Å². The summed E-state index contributed by atoms with van der Waals surface area (Å²) in [4.78, 5) is 0.232. The van der Waals surface area contributed by atoms with Crippen LogP contribution >= 0.6 is 11.7 Å². The number of piperidine rings is 1. The van der Waals surface area contributed by atoms with Gasteiger partial charge in [0, 0.05) is 36.2 Å². The minimum absolute atomic E-state index is 0.232. The Bertz CT molecular complexity index is 1680. The van der Waals surface area contributed by atoms with Gasteiger partial charge in [-0.1, -0.05) is 36.4 Å². The van der Waals surface area contributed by atoms with Gasteiger partial charge in [0.25, 0.3) is 0 Å². The van der Waals surface area contributed by atoms with Gasteiger partial charge in [0.2, 0.25) is 10.0 Å². The quantitative estimate of drug-likeness (QED) is 0.298. The molecule has 0 saturated carbocycles. The van der Waals surface area contributed by atoms with Crippen LogP contribution in [0.1, 0.15) is 35.6 Å². The summed E-state index contributed by atoms with van der Waals surface area (Å²) in [5, 5.41) is 1.19. The summed E-state index contributed by atoms with van der Waals surface area (Å²) in [5.41, 5.74) is 5.51. The van der Waals surface area contributed by atoms with Gasteiger partial charge in [-0.2, -0.15) is 13.1 Å². The summed E-state index contributed by atoms with van der Waals surface area (Å²) in [7, 11) is -3.66. The number of benzene rings is 3. The van der Waals surface area contributed by atoms with Crippen molar-refractivity contribution >= 4 is 43.7 Å². The van der Waals surface area contributed by atoms with E-state index in [1.54, 1.807) is 34.6 Å². The second-order valence-corrected chi connectivity index (χ2v) is 11.7. The smallest absolute Gasteiger partial charge is 0.245 e. The molecule has 184 valence electrons. The molecule has 0 spiro atoms. The van der Waals surface area contributed by atoms with E-state index in [0.717, 1.165) is 41.3 Å². The van der Waals surface area contributed by atoms with E-state index < -0.39 is 10.0 Å². The maximum atomic E-state index is 13.8. The zero-order valence-electron chi connectivity index (χ0n) is 19.8. The fourth-order valence-corrected chi connectivity index (χ4v) is 7.73. The normalized spacial score (nSPS) is 15.7. The predicted molar refractivity (Wildman–Crippen MR) is 140 cm³/mol. The average molecular weight is 521 g/mol. The van der Waals surface area contributed by atoms with E-state index >= 15 is 0 Å². The van der Waals surface area contributed by atoms with Crippen molar-refractivity contribution in [1.82, 2.24) is 17.6 Å². The summed E-state index contributed by atoms with van der Waals surface area (Å²) >= 11 is 1.03. The van der Waals surface area contributed by atoms with Crippen LogP contribution in [0.2, 0.25) is 0 Å². The first-order valence-electron chi connectivity index (χ1n) is 12.0. The summed E-state index contributed by atoms with van der Waals surface area (Å²) < 4.78 is 53.1. The van der Waals surface area contributed by atoms with Crippen molar-refractivity contribution in [3.05, 3.63) is 89.4 Å². The first kappa shape index (κ1) is 23.3. The Morgan fingerprint density at radius 1 is 1.00 bits per heavy atom. The highest BCUT2D eigenvalue weighted by Gasteiger charge is 2.33. The molecule has 6 rings (SSSR count). The van der Waals surface area contributed by atoms with Gasteiger partial charge in [-0.25, -0.2) is 12.8 Å². The molecule has 5 aromatic rings. The van der Waals surface area contributed by atoms with E-state index in [0.29, 0.717) is 30.7 Å². The van der Waals surface area contributed by atoms with Gasteiger partial charge in [-0.15, -0.1) is 0 Å². The third-order valence-electron chi connectivity index (χ3n) is 7.24. The Morgan fingerprint density at radius 2 is 1.78 bits per heavy atom. The molecule has 0 N–H and O–H groups in total. The first-order valence-corrected chi connectivity index (χ1v) is 14.1. The molecule has 0 bridgehead atoms. The second kappa shape index (κ2) is 9.06. The number of hydrogen-bond acceptors (Lipinski definition) is 5. The molecular weight excluding hydrogens is 495 g/mol. The monoisotopic (exact) mass is 520 g/mol. The number of rotatable bonds is 5. The minimum atomic E-state index is -3.66. The Labute approximate surface area is 213 Å². The molecule has 0 amide bonds. The average Bonchev–Trinajstić information content (AvgIpc) is 3.47. The van der Waals surface area contributed by atoms with E-state index in [-0.39, 0.29) is 16.6 Å². The van der Waals surface area contributed by atoms with E-state index in [2.05, 4.69) is 32.4 Å². The van der Waals surface area contributed by atoms with Crippen LogP contribution < -0.4 is 0 Å². The van der Waals surface area contributed by atoms with Gasteiger partial charge in [0.15, 0.2) is 0 Å². The van der Waals surface area contributed by atoms with Gasteiger partial charge in [-0.3, -0.25) is 0 Å². The lowest BCUT2D eigenvalue weighted by Crippen LogP contribution is -2.38. The molecule has 1 saturated heterocycles. The first-order chi connectivity index (χ1) is 17.4. The van der Waals surface area contributed by atoms with Crippen LogP contribution in [0.4, 0.5) is 4.39 Å². The van der Waals surface area contributed by atoms with Gasteiger partial charge < -0.3 is 4.57 Å². The molecule has 9 heteroatoms. The molecule has 6 nitrogen and oxygen atoms in total. The van der Waals surface area contributed by atoms with Crippen molar-refractivity contribution in [1.29, 1.82) is 0 Å². The zero-order valence-corrected chi connectivity index (χ0v) is 21.4. The van der Waals surface area contributed by atoms with Crippen LogP contribution in [-0.2, 0) is 16.6 Å². The fraction of sp³-hybridized carbons (Fsp3) is 0.259. The third kappa shape index (κ3) is 3.91. The molecule has 0 radical (unpaired) electrons. The van der Waals surface area contributed by atoms with Crippen molar-refractivity contribution in [3.8, 4) is 0 Å². The molecule has 1 fully saturated rings. The number of nitrogens with zero attached hydrogens (tertiary/aromatic N) is 4. The Hall–Kier alpha value is -3.14. The molecule has 0 aliphatic carbocycles. The van der Waals surface area contributed by atoms with Crippen molar-refractivity contribution < 1.29 is 12.8 Å². The van der Waals surface area contributed by atoms with E-state index in [9.17, 15) is 12.8 Å². The van der Waals surface area contributed by atoms with Crippen molar-refractivity contribution in [3.63, 3.8) is 0 Å². The van der Waals surface area contributed by atoms with Gasteiger partial charge in [0.1, 0.15) is 21.7 Å². The summed E-state index contributed by atoms with van der Waals surface area (Å²) in [6.07, 6.45) is 1.47. The maximum absolute atomic E-state index is 13.8. The SMILES string of the molecule is Cc1c(C2CCN(S(=O)(=O)c3cccc4nsnc34)CC2)c2ccccc2n1Cc1cccc(F)c1. The van der Waals surface area contributed by atoms with E-state index in [1.807, 2.05) is 18.2 Å². The lowest BCUT2D eigenvalue weighted by molar-refractivity contribution is 0.320. The Balaban J connectivity index is 1.30. The number of aromatic nitrogens is 3. The van der Waals surface area contributed by atoms with E-state index in [4.69, 9.17) is 0 Å². The van der Waals surface area contributed by atoms with Crippen LogP contribution in [0.3, 0.4) is 0 Å². The number of para-hydroxylation sites is 1. The molecule has 3 aromatic carbocycles. The fourth-order valence-electron chi connectivity index (χ4n) is 5.51. The molecule has 2 aromatic heterocycles. The highest BCUT2D eigenvalue weighted by Crippen LogP contribution is 2.39. The Kier molecular flexibility index (Phi) is 5.86. The number of hydrogen-bond donors (Lipinski definition) is 0. The minimum Gasteiger partial charge on any atom is -0.340 e. The number of fused-ring (bicyclic) bond motifs is 2. The molecule has 1 aliphatic heterocycles. The van der Waals surface area contributed by atoms with Crippen LogP contribution in [0.25, 0.3) is 21.9 Å². The number of sulfonamides is 1. The lowest BCUT2D eigenvalue weighted by Gasteiger charge is -2.31. The largest absolute Gasteiger partial charge is 0.340 e. The van der Waals surface area contributed by atoms with Crippen molar-refractivity contribution in [2.75, 3.05) is 13.1 Å². The lowest BCUT2D eigenvalue weighted by atomic mass is 9.88. The van der Waals surface area contributed by atoms with Crippen LogP contribution in [0, 0.1) is 12.7 Å². The second-order valence-electron chi connectivity index (χ2n) is 9.30. The summed E-state index contributed by atoms with van der Waals surface area (Å²) in [6.45, 7) is 3.60. The number of halogens is 1. The van der Waals surface area contributed by atoms with E-state index in [1.165, 1.54) is 17.0 Å². The predicted octanol–water partition coefficient (Wildman–Crippen LogP) is 5.71. The van der Waals surface area contributed by atoms with Crippen molar-refractivity contribution in [2.24, 2.45) is 0 Å².